The molecular weight excluding hydrogens is 354 g/mol. The third-order valence-electron chi connectivity index (χ3n) is 3.94. The zero-order valence-electron chi connectivity index (χ0n) is 15.3. The summed E-state index contributed by atoms with van der Waals surface area (Å²) in [5, 5.41) is 0.541. The maximum absolute atomic E-state index is 11.1. The first-order valence-electron chi connectivity index (χ1n) is 8.31. The van der Waals surface area contributed by atoms with Crippen LogP contribution >= 0.6 is 11.6 Å². The lowest BCUT2D eigenvalue weighted by atomic mass is 9.88. The molecule has 0 aliphatic heterocycles. The normalized spacial score (nSPS) is 13.8. The molecule has 2 N–H and O–H groups in total. The molecule has 0 radical (unpaired) electrons. The first-order valence-corrected chi connectivity index (χ1v) is 8.69. The van der Waals surface area contributed by atoms with E-state index in [0.717, 1.165) is 36.8 Å². The van der Waals surface area contributed by atoms with Gasteiger partial charge in [0.1, 0.15) is 0 Å². The number of nitrogens with two attached hydrogens (primary N) is 1. The quantitative estimate of drug-likeness (QED) is 0.484. The Balaban J connectivity index is 0.000000263. The number of methoxy groups -OCH3 is 1. The van der Waals surface area contributed by atoms with Crippen molar-refractivity contribution in [2.75, 3.05) is 12.8 Å². The average Bonchev–Trinajstić information content (AvgIpc) is 2.62. The van der Waals surface area contributed by atoms with Gasteiger partial charge in [0, 0.05) is 27.9 Å². The number of halogens is 1. The molecule has 26 heavy (non-hydrogen) atoms. The van der Waals surface area contributed by atoms with Gasteiger partial charge in [-0.2, -0.15) is 0 Å². The van der Waals surface area contributed by atoms with Crippen molar-refractivity contribution >= 4 is 40.9 Å². The highest BCUT2D eigenvalue weighted by atomic mass is 35.5. The Hall–Kier alpha value is -2.40. The van der Waals surface area contributed by atoms with E-state index in [1.807, 2.05) is 0 Å². The Labute approximate surface area is 158 Å². The number of allylic oxidation sites excluding steroid dienone is 2. The molecule has 0 saturated heterocycles. The first kappa shape index (κ1) is 21.6. The standard InChI is InChI=1S/C10H10ClNO2.C10H14O2/c1-14-10(13)5-2-7-6-8(12)3-4-9(7)11;1-7(11)9-5-3-4-6-10(9)8(2)12/h2-6H,12H2,1H3;3-6H2,1-2H3/b5-2+;. The van der Waals surface area contributed by atoms with Crippen molar-refractivity contribution in [2.24, 2.45) is 0 Å². The number of hydrogen-bond acceptors (Lipinski definition) is 5. The van der Waals surface area contributed by atoms with Gasteiger partial charge in [-0.1, -0.05) is 11.6 Å². The number of carbonyl (C=O) groups excluding carboxylic acids is 3. The maximum atomic E-state index is 11.1. The SMILES string of the molecule is CC(=O)C1=C(C(C)=O)CCCC1.COC(=O)/C=C/c1cc(N)ccc1Cl. The molecule has 5 nitrogen and oxygen atoms in total. The number of esters is 1. The summed E-state index contributed by atoms with van der Waals surface area (Å²) in [5.41, 5.74) is 8.39. The Morgan fingerprint density at radius 1 is 1.08 bits per heavy atom. The number of nitrogen functional groups attached to an aromatic ring is 1. The van der Waals surface area contributed by atoms with E-state index in [0.29, 0.717) is 16.3 Å². The van der Waals surface area contributed by atoms with Gasteiger partial charge in [0.15, 0.2) is 11.6 Å². The van der Waals surface area contributed by atoms with Crippen LogP contribution in [-0.4, -0.2) is 24.6 Å². The van der Waals surface area contributed by atoms with Crippen LogP contribution in [0.5, 0.6) is 0 Å². The van der Waals surface area contributed by atoms with Crippen molar-refractivity contribution in [1.29, 1.82) is 0 Å². The molecule has 0 atom stereocenters. The van der Waals surface area contributed by atoms with Crippen LogP contribution in [0.15, 0.2) is 35.4 Å². The zero-order valence-corrected chi connectivity index (χ0v) is 16.1. The predicted octanol–water partition coefficient (Wildman–Crippen LogP) is 4.14. The van der Waals surface area contributed by atoms with Gasteiger partial charge in [0.05, 0.1) is 7.11 Å². The fraction of sp³-hybridized carbons (Fsp3) is 0.350. The number of rotatable bonds is 4. The molecule has 0 aromatic heterocycles. The lowest BCUT2D eigenvalue weighted by Crippen LogP contribution is -2.11. The molecule has 1 aliphatic carbocycles. The fourth-order valence-corrected chi connectivity index (χ4v) is 2.78. The second kappa shape index (κ2) is 10.6. The number of carbonyl (C=O) groups is 3. The monoisotopic (exact) mass is 377 g/mol. The molecule has 0 bridgehead atoms. The lowest BCUT2D eigenvalue weighted by Gasteiger charge is -2.15. The molecule has 1 aromatic rings. The van der Waals surface area contributed by atoms with Gasteiger partial charge >= 0.3 is 5.97 Å². The lowest BCUT2D eigenvalue weighted by molar-refractivity contribution is -0.134. The van der Waals surface area contributed by atoms with Crippen LogP contribution in [0.25, 0.3) is 6.08 Å². The van der Waals surface area contributed by atoms with E-state index in [1.54, 1.807) is 38.1 Å². The van der Waals surface area contributed by atoms with Crippen LogP contribution in [0.1, 0.15) is 45.1 Å². The maximum Gasteiger partial charge on any atom is 0.330 e. The highest BCUT2D eigenvalue weighted by molar-refractivity contribution is 6.32. The van der Waals surface area contributed by atoms with E-state index in [9.17, 15) is 14.4 Å². The van der Waals surface area contributed by atoms with Crippen molar-refractivity contribution in [1.82, 2.24) is 0 Å². The van der Waals surface area contributed by atoms with E-state index in [-0.39, 0.29) is 11.6 Å². The molecule has 0 unspecified atom stereocenters. The minimum atomic E-state index is -0.427. The van der Waals surface area contributed by atoms with Crippen LogP contribution < -0.4 is 5.73 Å². The number of anilines is 1. The minimum Gasteiger partial charge on any atom is -0.466 e. The smallest absolute Gasteiger partial charge is 0.330 e. The van der Waals surface area contributed by atoms with Crippen molar-refractivity contribution in [2.45, 2.75) is 39.5 Å². The Morgan fingerprint density at radius 2 is 1.62 bits per heavy atom. The molecule has 1 aromatic carbocycles. The molecule has 140 valence electrons. The largest absolute Gasteiger partial charge is 0.466 e. The van der Waals surface area contributed by atoms with Gasteiger partial charge < -0.3 is 10.5 Å². The Kier molecular flexibility index (Phi) is 8.79. The average molecular weight is 378 g/mol. The highest BCUT2D eigenvalue weighted by Crippen LogP contribution is 2.25. The Morgan fingerprint density at radius 3 is 2.08 bits per heavy atom. The summed E-state index contributed by atoms with van der Waals surface area (Å²) in [6.07, 6.45) is 6.54. The van der Waals surface area contributed by atoms with Crippen LogP contribution in [0.3, 0.4) is 0 Å². The van der Waals surface area contributed by atoms with Crippen LogP contribution in [0.2, 0.25) is 5.02 Å². The summed E-state index contributed by atoms with van der Waals surface area (Å²) < 4.78 is 4.44. The van der Waals surface area contributed by atoms with E-state index in [1.165, 1.54) is 13.2 Å². The molecular formula is C20H24ClNO4. The van der Waals surface area contributed by atoms with Crippen LogP contribution in [-0.2, 0) is 19.1 Å². The second-order valence-corrected chi connectivity index (χ2v) is 6.32. The van der Waals surface area contributed by atoms with Gasteiger partial charge in [0.2, 0.25) is 0 Å². The van der Waals surface area contributed by atoms with Crippen molar-refractivity contribution in [3.05, 3.63) is 46.0 Å². The highest BCUT2D eigenvalue weighted by Gasteiger charge is 2.18. The summed E-state index contributed by atoms with van der Waals surface area (Å²) in [5.74, 6) is -0.289. The summed E-state index contributed by atoms with van der Waals surface area (Å²) in [6.45, 7) is 3.09. The summed E-state index contributed by atoms with van der Waals surface area (Å²) in [7, 11) is 1.31. The molecule has 6 heteroatoms. The molecule has 2 rings (SSSR count). The van der Waals surface area contributed by atoms with Gasteiger partial charge in [-0.3, -0.25) is 9.59 Å². The van der Waals surface area contributed by atoms with E-state index in [4.69, 9.17) is 17.3 Å². The second-order valence-electron chi connectivity index (χ2n) is 5.91. The third kappa shape index (κ3) is 6.84. The molecule has 0 saturated carbocycles. The topological polar surface area (TPSA) is 86.5 Å². The van der Waals surface area contributed by atoms with Crippen LogP contribution in [0, 0.1) is 0 Å². The van der Waals surface area contributed by atoms with Gasteiger partial charge in [-0.05, 0) is 69.4 Å². The molecule has 0 spiro atoms. The van der Waals surface area contributed by atoms with Crippen LogP contribution in [0.4, 0.5) is 5.69 Å². The summed E-state index contributed by atoms with van der Waals surface area (Å²) in [6, 6.07) is 5.05. The van der Waals surface area contributed by atoms with Crippen molar-refractivity contribution in [3.63, 3.8) is 0 Å². The molecule has 1 aliphatic rings. The van der Waals surface area contributed by atoms with E-state index >= 15 is 0 Å². The third-order valence-corrected chi connectivity index (χ3v) is 4.28. The van der Waals surface area contributed by atoms with E-state index in [2.05, 4.69) is 4.74 Å². The van der Waals surface area contributed by atoms with Gasteiger partial charge in [0.25, 0.3) is 0 Å². The van der Waals surface area contributed by atoms with Crippen molar-refractivity contribution in [3.8, 4) is 0 Å². The molecule has 0 heterocycles. The zero-order chi connectivity index (χ0) is 19.7. The van der Waals surface area contributed by atoms with Gasteiger partial charge in [-0.25, -0.2) is 4.79 Å². The first-order chi connectivity index (χ1) is 12.3. The number of ketones is 2. The number of Topliss-reactive ketones (excluding diaryl/α,β-unsaturated/α-hetero) is 2. The Bertz CT molecular complexity index is 724. The number of hydrogen-bond donors (Lipinski definition) is 1. The van der Waals surface area contributed by atoms with E-state index < -0.39 is 5.97 Å². The summed E-state index contributed by atoms with van der Waals surface area (Å²) in [4.78, 5) is 33.0. The number of benzene rings is 1. The number of ether oxygens (including phenoxy) is 1. The predicted molar refractivity (Wildman–Crippen MR) is 104 cm³/mol. The summed E-state index contributed by atoms with van der Waals surface area (Å²) >= 11 is 5.86. The van der Waals surface area contributed by atoms with Crippen molar-refractivity contribution < 1.29 is 19.1 Å². The molecule has 0 amide bonds. The minimum absolute atomic E-state index is 0.0694. The molecule has 0 fully saturated rings. The fourth-order valence-electron chi connectivity index (χ4n) is 2.60. The van der Waals surface area contributed by atoms with Gasteiger partial charge in [-0.15, -0.1) is 0 Å².